The highest BCUT2D eigenvalue weighted by Gasteiger charge is 2.26. The summed E-state index contributed by atoms with van der Waals surface area (Å²) in [6.45, 7) is 3.63. The predicted octanol–water partition coefficient (Wildman–Crippen LogP) is 2.42. The monoisotopic (exact) mass is 458 g/mol. The molecule has 2 aromatic rings. The molecule has 0 saturated heterocycles. The molecule has 0 radical (unpaired) electrons. The predicted molar refractivity (Wildman–Crippen MR) is 121 cm³/mol. The zero-order chi connectivity index (χ0) is 24.3. The van der Waals surface area contributed by atoms with Crippen molar-refractivity contribution in [2.24, 2.45) is 0 Å². The molecule has 0 saturated carbocycles. The van der Waals surface area contributed by atoms with Gasteiger partial charge in [-0.2, -0.15) is 0 Å². The average molecular weight is 458 g/mol. The number of nitrogens with one attached hydrogen (secondary N) is 3. The second-order valence-electron chi connectivity index (χ2n) is 7.71. The highest BCUT2D eigenvalue weighted by Crippen LogP contribution is 2.34. The summed E-state index contributed by atoms with van der Waals surface area (Å²) >= 11 is 0. The Hall–Kier alpha value is -3.50. The largest absolute Gasteiger partial charge is 0.379 e. The third-order valence-electron chi connectivity index (χ3n) is 5.61. The molecule has 1 aromatic heterocycles. The lowest BCUT2D eigenvalue weighted by Crippen LogP contribution is -2.37. The fraction of sp³-hybridized carbons (Fsp3) is 0.348. The minimum Gasteiger partial charge on any atom is -0.379 e. The van der Waals surface area contributed by atoms with E-state index in [9.17, 15) is 18.8 Å². The van der Waals surface area contributed by atoms with Crippen molar-refractivity contribution in [1.82, 2.24) is 15.4 Å². The van der Waals surface area contributed by atoms with E-state index < -0.39 is 11.9 Å². The normalized spacial score (nSPS) is 14.7. The Morgan fingerprint density at radius 2 is 2.00 bits per heavy atom. The number of amides is 3. The fourth-order valence-corrected chi connectivity index (χ4v) is 3.67. The standard InChI is InChI=1S/C23H27FN4O5/c1-12-19(10-17-16-8-14(24)6-7-18(16)27-22(17)30)26-13(2)21(12)23(31)25-11-15(32-4)9-20(29)28(3)33-5/h6-8,10,15,26H,9,11H2,1-5H3,(H,25,31)(H,27,30)/b17-10-. The first kappa shape index (κ1) is 24.1. The maximum absolute atomic E-state index is 13.7. The number of hydrogen-bond acceptors (Lipinski definition) is 5. The first-order valence-electron chi connectivity index (χ1n) is 10.3. The van der Waals surface area contributed by atoms with Crippen LogP contribution in [0.2, 0.25) is 0 Å². The van der Waals surface area contributed by atoms with Gasteiger partial charge in [-0.25, -0.2) is 9.45 Å². The van der Waals surface area contributed by atoms with Crippen LogP contribution < -0.4 is 10.6 Å². The van der Waals surface area contributed by atoms with E-state index in [1.54, 1.807) is 19.9 Å². The van der Waals surface area contributed by atoms with Crippen molar-refractivity contribution in [1.29, 1.82) is 0 Å². The van der Waals surface area contributed by atoms with E-state index in [-0.39, 0.29) is 30.7 Å². The maximum Gasteiger partial charge on any atom is 0.256 e. The van der Waals surface area contributed by atoms with Crippen molar-refractivity contribution < 1.29 is 28.3 Å². The van der Waals surface area contributed by atoms with Crippen molar-refractivity contribution in [2.45, 2.75) is 26.4 Å². The van der Waals surface area contributed by atoms with Crippen molar-refractivity contribution in [3.8, 4) is 0 Å². The average Bonchev–Trinajstić information content (AvgIpc) is 3.24. The number of benzene rings is 1. The highest BCUT2D eigenvalue weighted by molar-refractivity contribution is 6.34. The summed E-state index contributed by atoms with van der Waals surface area (Å²) in [5.74, 6) is -1.42. The van der Waals surface area contributed by atoms with E-state index in [0.717, 1.165) is 5.06 Å². The number of hydroxylamine groups is 2. The number of rotatable bonds is 8. The van der Waals surface area contributed by atoms with Crippen LogP contribution in [0.15, 0.2) is 18.2 Å². The molecule has 10 heteroatoms. The number of nitrogens with zero attached hydrogens (tertiary/aromatic N) is 1. The van der Waals surface area contributed by atoms with E-state index in [0.29, 0.717) is 39.3 Å². The molecule has 0 bridgehead atoms. The summed E-state index contributed by atoms with van der Waals surface area (Å²) in [5.41, 5.74) is 3.55. The van der Waals surface area contributed by atoms with Crippen LogP contribution in [-0.4, -0.2) is 61.7 Å². The molecule has 0 fully saturated rings. The van der Waals surface area contributed by atoms with Gasteiger partial charge in [-0.15, -0.1) is 0 Å². The number of aromatic nitrogens is 1. The number of fused-ring (bicyclic) bond motifs is 1. The molecule has 3 amide bonds. The van der Waals surface area contributed by atoms with E-state index in [1.807, 2.05) is 0 Å². The summed E-state index contributed by atoms with van der Waals surface area (Å²) in [6, 6.07) is 4.09. The summed E-state index contributed by atoms with van der Waals surface area (Å²) in [7, 11) is 4.34. The van der Waals surface area contributed by atoms with Gasteiger partial charge in [0, 0.05) is 43.3 Å². The SMILES string of the molecule is COC(CNC(=O)c1c(C)[nH]c(/C=C2\C(=O)Nc3ccc(F)cc32)c1C)CC(=O)N(C)OC. The van der Waals surface area contributed by atoms with Crippen LogP contribution in [0, 0.1) is 19.7 Å². The summed E-state index contributed by atoms with van der Waals surface area (Å²) in [4.78, 5) is 45.3. The van der Waals surface area contributed by atoms with E-state index in [4.69, 9.17) is 9.57 Å². The Morgan fingerprint density at radius 3 is 2.67 bits per heavy atom. The lowest BCUT2D eigenvalue weighted by Gasteiger charge is -2.19. The number of halogens is 1. The minimum absolute atomic E-state index is 0.0364. The molecule has 1 aromatic carbocycles. The molecule has 2 heterocycles. The number of carbonyl (C=O) groups excluding carboxylic acids is 3. The molecule has 3 N–H and O–H groups in total. The van der Waals surface area contributed by atoms with Crippen LogP contribution in [-0.2, 0) is 19.2 Å². The Kier molecular flexibility index (Phi) is 7.29. The molecule has 0 spiro atoms. The number of carbonyl (C=O) groups is 3. The zero-order valence-electron chi connectivity index (χ0n) is 19.2. The molecule has 0 aliphatic carbocycles. The molecule has 1 atom stereocenters. The molecule has 33 heavy (non-hydrogen) atoms. The van der Waals surface area contributed by atoms with Gasteiger partial charge in [-0.3, -0.25) is 19.2 Å². The number of aromatic amines is 1. The van der Waals surface area contributed by atoms with Crippen LogP contribution in [0.5, 0.6) is 0 Å². The third kappa shape index (κ3) is 5.12. The van der Waals surface area contributed by atoms with Gasteiger partial charge in [-0.1, -0.05) is 0 Å². The van der Waals surface area contributed by atoms with Crippen LogP contribution in [0.1, 0.15) is 39.3 Å². The smallest absolute Gasteiger partial charge is 0.256 e. The first-order chi connectivity index (χ1) is 15.7. The first-order valence-corrected chi connectivity index (χ1v) is 10.3. The number of H-pyrrole nitrogens is 1. The van der Waals surface area contributed by atoms with Crippen LogP contribution in [0.25, 0.3) is 11.6 Å². The van der Waals surface area contributed by atoms with E-state index >= 15 is 0 Å². The van der Waals surface area contributed by atoms with Crippen LogP contribution >= 0.6 is 0 Å². The van der Waals surface area contributed by atoms with Gasteiger partial charge < -0.3 is 20.4 Å². The molecular weight excluding hydrogens is 431 g/mol. The molecule has 9 nitrogen and oxygen atoms in total. The molecule has 176 valence electrons. The quantitative estimate of drug-likeness (QED) is 0.415. The van der Waals surface area contributed by atoms with E-state index in [2.05, 4.69) is 15.6 Å². The number of aryl methyl sites for hydroxylation is 1. The van der Waals surface area contributed by atoms with Gasteiger partial charge in [0.1, 0.15) is 5.82 Å². The van der Waals surface area contributed by atoms with E-state index in [1.165, 1.54) is 39.5 Å². The Labute approximate surface area is 190 Å². The Bertz CT molecular complexity index is 1120. The maximum atomic E-state index is 13.7. The van der Waals surface area contributed by atoms with Crippen molar-refractivity contribution >= 4 is 35.1 Å². The number of methoxy groups -OCH3 is 1. The van der Waals surface area contributed by atoms with Gasteiger partial charge in [0.2, 0.25) is 5.91 Å². The minimum atomic E-state index is -0.534. The molecule has 1 unspecified atom stereocenters. The summed E-state index contributed by atoms with van der Waals surface area (Å²) in [6.07, 6.45) is 1.11. The topological polar surface area (TPSA) is 113 Å². The van der Waals surface area contributed by atoms with Gasteiger partial charge in [0.05, 0.1) is 30.8 Å². The summed E-state index contributed by atoms with van der Waals surface area (Å²) in [5, 5.41) is 6.59. The molecule has 3 rings (SSSR count). The molecule has 1 aliphatic rings. The van der Waals surface area contributed by atoms with Crippen molar-refractivity contribution in [3.05, 3.63) is 52.1 Å². The van der Waals surface area contributed by atoms with Gasteiger partial charge in [-0.05, 0) is 43.7 Å². The van der Waals surface area contributed by atoms with Gasteiger partial charge >= 0.3 is 0 Å². The molecule has 1 aliphatic heterocycles. The van der Waals surface area contributed by atoms with Crippen LogP contribution in [0.3, 0.4) is 0 Å². The highest BCUT2D eigenvalue weighted by atomic mass is 19.1. The van der Waals surface area contributed by atoms with Gasteiger partial charge in [0.15, 0.2) is 0 Å². The second kappa shape index (κ2) is 9.97. The number of anilines is 1. The molecular formula is C23H27FN4O5. The second-order valence-corrected chi connectivity index (χ2v) is 7.71. The lowest BCUT2D eigenvalue weighted by atomic mass is 10.0. The van der Waals surface area contributed by atoms with Gasteiger partial charge in [0.25, 0.3) is 11.8 Å². The Balaban J connectivity index is 1.78. The third-order valence-corrected chi connectivity index (χ3v) is 5.61. The zero-order valence-corrected chi connectivity index (χ0v) is 19.2. The summed E-state index contributed by atoms with van der Waals surface area (Å²) < 4.78 is 19.0. The number of ether oxygens (including phenoxy) is 1. The number of hydrogen-bond donors (Lipinski definition) is 3. The van der Waals surface area contributed by atoms with Crippen molar-refractivity contribution in [2.75, 3.05) is 33.1 Å². The Morgan fingerprint density at radius 1 is 1.27 bits per heavy atom. The van der Waals surface area contributed by atoms with Crippen molar-refractivity contribution in [3.63, 3.8) is 0 Å². The lowest BCUT2D eigenvalue weighted by molar-refractivity contribution is -0.171. The fourth-order valence-electron chi connectivity index (χ4n) is 3.67. The van der Waals surface area contributed by atoms with Crippen LogP contribution in [0.4, 0.5) is 10.1 Å².